The molecule has 0 spiro atoms. The largest absolute Gasteiger partial charge is 0.348 e. The second kappa shape index (κ2) is 8.98. The molecule has 1 heterocycles. The van der Waals surface area contributed by atoms with Gasteiger partial charge < -0.3 is 9.47 Å². The van der Waals surface area contributed by atoms with Crippen LogP contribution in [0.2, 0.25) is 0 Å². The summed E-state index contributed by atoms with van der Waals surface area (Å²) in [5.74, 6) is 0.322. The second-order valence-electron chi connectivity index (χ2n) is 6.64. The fourth-order valence-corrected chi connectivity index (χ4v) is 3.17. The zero-order valence-corrected chi connectivity index (χ0v) is 15.3. The summed E-state index contributed by atoms with van der Waals surface area (Å²) in [7, 11) is 0. The third-order valence-corrected chi connectivity index (χ3v) is 4.84. The molecule has 132 valence electrons. The first kappa shape index (κ1) is 17.9. The van der Waals surface area contributed by atoms with Crippen molar-refractivity contribution < 1.29 is 9.47 Å². The van der Waals surface area contributed by atoms with Gasteiger partial charge in [-0.25, -0.2) is 0 Å². The van der Waals surface area contributed by atoms with Crippen LogP contribution in [0.3, 0.4) is 0 Å². The Balaban J connectivity index is 1.54. The highest BCUT2D eigenvalue weighted by Gasteiger charge is 2.24. The smallest absolute Gasteiger partial charge is 0.183 e. The van der Waals surface area contributed by atoms with E-state index in [1.807, 2.05) is 0 Å². The van der Waals surface area contributed by atoms with Crippen LogP contribution in [0, 0.1) is 0 Å². The van der Waals surface area contributed by atoms with E-state index >= 15 is 0 Å². The highest BCUT2D eigenvalue weighted by Crippen LogP contribution is 2.30. The van der Waals surface area contributed by atoms with Crippen LogP contribution in [-0.2, 0) is 22.3 Å². The van der Waals surface area contributed by atoms with Crippen molar-refractivity contribution in [2.45, 2.75) is 45.3 Å². The average molecular weight is 336 g/mol. The fraction of sp³-hybridized carbons (Fsp3) is 0.391. The maximum Gasteiger partial charge on any atom is 0.183 e. The van der Waals surface area contributed by atoms with E-state index < -0.39 is 0 Å². The molecule has 2 aromatic carbocycles. The van der Waals surface area contributed by atoms with Gasteiger partial charge in [0.15, 0.2) is 6.29 Å². The van der Waals surface area contributed by atoms with Gasteiger partial charge in [-0.2, -0.15) is 0 Å². The number of aryl methyl sites for hydroxylation is 2. The summed E-state index contributed by atoms with van der Waals surface area (Å²) < 4.78 is 12.0. The summed E-state index contributed by atoms with van der Waals surface area (Å²) in [6.07, 6.45) is 7.30. The van der Waals surface area contributed by atoms with Gasteiger partial charge in [-0.15, -0.1) is 0 Å². The minimum absolute atomic E-state index is 0.240. The van der Waals surface area contributed by atoms with Gasteiger partial charge in [0.25, 0.3) is 0 Å². The molecule has 2 heteroatoms. The molecule has 2 nitrogen and oxygen atoms in total. The molecule has 3 rings (SSSR count). The lowest BCUT2D eigenvalue weighted by Gasteiger charge is -2.30. The van der Waals surface area contributed by atoms with Crippen LogP contribution in [0.25, 0.3) is 0 Å². The first-order chi connectivity index (χ1) is 12.3. The van der Waals surface area contributed by atoms with Gasteiger partial charge >= 0.3 is 0 Å². The Kier molecular flexibility index (Phi) is 6.43. The van der Waals surface area contributed by atoms with Crippen molar-refractivity contribution in [3.05, 3.63) is 82.9 Å². The summed E-state index contributed by atoms with van der Waals surface area (Å²) in [6, 6.07) is 17.4. The van der Waals surface area contributed by atoms with E-state index in [-0.39, 0.29) is 6.29 Å². The van der Waals surface area contributed by atoms with E-state index in [4.69, 9.17) is 9.47 Å². The summed E-state index contributed by atoms with van der Waals surface area (Å²) >= 11 is 0. The van der Waals surface area contributed by atoms with Crippen LogP contribution in [0.15, 0.2) is 60.7 Å². The Morgan fingerprint density at radius 1 is 0.880 bits per heavy atom. The van der Waals surface area contributed by atoms with Crippen molar-refractivity contribution in [2.24, 2.45) is 0 Å². The third kappa shape index (κ3) is 4.81. The van der Waals surface area contributed by atoms with Crippen LogP contribution in [-0.4, -0.2) is 13.2 Å². The number of ether oxygens (including phenoxy) is 2. The molecule has 25 heavy (non-hydrogen) atoms. The number of hydrogen-bond acceptors (Lipinski definition) is 2. The van der Waals surface area contributed by atoms with Crippen LogP contribution in [0.5, 0.6) is 0 Å². The maximum absolute atomic E-state index is 5.99. The molecule has 0 bridgehead atoms. The number of rotatable bonds is 6. The molecule has 2 aromatic rings. The zero-order chi connectivity index (χ0) is 17.5. The van der Waals surface area contributed by atoms with Crippen molar-refractivity contribution in [1.82, 2.24) is 0 Å². The SMILES string of the molecule is CC=CCCc1ccc(C2OCC(c3ccc(CC)cc3)CO2)cc1. The highest BCUT2D eigenvalue weighted by molar-refractivity contribution is 5.27. The van der Waals surface area contributed by atoms with Gasteiger partial charge in [-0.1, -0.05) is 67.6 Å². The van der Waals surface area contributed by atoms with Gasteiger partial charge in [0, 0.05) is 11.5 Å². The van der Waals surface area contributed by atoms with Gasteiger partial charge in [0.05, 0.1) is 13.2 Å². The van der Waals surface area contributed by atoms with E-state index in [2.05, 4.69) is 74.5 Å². The molecule has 0 unspecified atom stereocenters. The first-order valence-electron chi connectivity index (χ1n) is 9.32. The zero-order valence-electron chi connectivity index (χ0n) is 15.3. The summed E-state index contributed by atoms with van der Waals surface area (Å²) in [5.41, 5.74) is 5.13. The predicted octanol–water partition coefficient (Wildman–Crippen LogP) is 5.59. The second-order valence-corrected chi connectivity index (χ2v) is 6.64. The van der Waals surface area contributed by atoms with Crippen LogP contribution in [0.1, 0.15) is 54.7 Å². The van der Waals surface area contributed by atoms with E-state index in [0.29, 0.717) is 19.1 Å². The molecule has 0 aliphatic carbocycles. The Morgan fingerprint density at radius 2 is 1.48 bits per heavy atom. The van der Waals surface area contributed by atoms with E-state index in [1.165, 1.54) is 16.7 Å². The molecular weight excluding hydrogens is 308 g/mol. The molecule has 1 aliphatic heterocycles. The minimum atomic E-state index is -0.240. The summed E-state index contributed by atoms with van der Waals surface area (Å²) in [6.45, 7) is 5.66. The fourth-order valence-electron chi connectivity index (χ4n) is 3.17. The molecule has 0 radical (unpaired) electrons. The Morgan fingerprint density at radius 3 is 2.08 bits per heavy atom. The molecular formula is C23H28O2. The van der Waals surface area contributed by atoms with Crippen molar-refractivity contribution in [2.75, 3.05) is 13.2 Å². The molecule has 0 aromatic heterocycles. The predicted molar refractivity (Wildman–Crippen MR) is 103 cm³/mol. The lowest BCUT2D eigenvalue weighted by Crippen LogP contribution is -2.25. The molecule has 1 fully saturated rings. The molecule has 0 amide bonds. The maximum atomic E-state index is 5.99. The summed E-state index contributed by atoms with van der Waals surface area (Å²) in [4.78, 5) is 0. The van der Waals surface area contributed by atoms with Crippen LogP contribution < -0.4 is 0 Å². The van der Waals surface area contributed by atoms with Gasteiger partial charge in [-0.05, 0) is 42.9 Å². The Bertz CT molecular complexity index is 662. The van der Waals surface area contributed by atoms with Crippen LogP contribution >= 0.6 is 0 Å². The van der Waals surface area contributed by atoms with Crippen LogP contribution in [0.4, 0.5) is 0 Å². The number of allylic oxidation sites excluding steroid dienone is 2. The Labute approximate surface area is 151 Å². The van der Waals surface area contributed by atoms with Crippen molar-refractivity contribution >= 4 is 0 Å². The molecule has 1 saturated heterocycles. The lowest BCUT2D eigenvalue weighted by molar-refractivity contribution is -0.191. The molecule has 1 aliphatic rings. The van der Waals surface area contributed by atoms with E-state index in [0.717, 1.165) is 24.8 Å². The van der Waals surface area contributed by atoms with E-state index in [9.17, 15) is 0 Å². The average Bonchev–Trinajstić information content (AvgIpc) is 2.69. The molecule has 0 saturated carbocycles. The highest BCUT2D eigenvalue weighted by atomic mass is 16.7. The van der Waals surface area contributed by atoms with Crippen molar-refractivity contribution in [1.29, 1.82) is 0 Å². The van der Waals surface area contributed by atoms with Crippen molar-refractivity contribution in [3.63, 3.8) is 0 Å². The number of hydrogen-bond donors (Lipinski definition) is 0. The standard InChI is InChI=1S/C23H28O2/c1-3-5-6-7-19-10-14-21(15-11-19)23-24-16-22(17-25-23)20-12-8-18(4-2)9-13-20/h3,5,8-15,22-23H,4,6-7,16-17H2,1-2H3. The topological polar surface area (TPSA) is 18.5 Å². The summed E-state index contributed by atoms with van der Waals surface area (Å²) in [5, 5.41) is 0. The molecule has 0 atom stereocenters. The monoisotopic (exact) mass is 336 g/mol. The Hall–Kier alpha value is -1.90. The minimum Gasteiger partial charge on any atom is -0.348 e. The first-order valence-corrected chi connectivity index (χ1v) is 9.32. The quantitative estimate of drug-likeness (QED) is 0.640. The van der Waals surface area contributed by atoms with Crippen molar-refractivity contribution in [3.8, 4) is 0 Å². The number of benzene rings is 2. The third-order valence-electron chi connectivity index (χ3n) is 4.84. The van der Waals surface area contributed by atoms with Gasteiger partial charge in [0.1, 0.15) is 0 Å². The van der Waals surface area contributed by atoms with Gasteiger partial charge in [0.2, 0.25) is 0 Å². The normalized spacial score (nSPS) is 20.9. The lowest BCUT2D eigenvalue weighted by atomic mass is 9.98. The van der Waals surface area contributed by atoms with E-state index in [1.54, 1.807) is 0 Å². The molecule has 0 N–H and O–H groups in total. The van der Waals surface area contributed by atoms with Gasteiger partial charge in [-0.3, -0.25) is 0 Å².